The Hall–Kier alpha value is -0.670. The van der Waals surface area contributed by atoms with Gasteiger partial charge in [0.25, 0.3) is 0 Å². The third-order valence-electron chi connectivity index (χ3n) is 2.00. The van der Waals surface area contributed by atoms with Crippen LogP contribution in [0.25, 0.3) is 0 Å². The molecule has 0 unspecified atom stereocenters. The summed E-state index contributed by atoms with van der Waals surface area (Å²) >= 11 is 7.69. The van der Waals surface area contributed by atoms with Crippen LogP contribution < -0.4 is 0 Å². The SMILES string of the molecule is O=C(O)c1ccc(SC2CC2)c(Cl)c1. The maximum absolute atomic E-state index is 10.6. The van der Waals surface area contributed by atoms with Gasteiger partial charge in [-0.3, -0.25) is 0 Å². The molecule has 2 rings (SSSR count). The summed E-state index contributed by atoms with van der Waals surface area (Å²) in [5.74, 6) is -0.935. The number of carbonyl (C=O) groups is 1. The number of hydrogen-bond donors (Lipinski definition) is 1. The Balaban J connectivity index is 2.21. The molecule has 0 aliphatic heterocycles. The van der Waals surface area contributed by atoms with Crippen molar-refractivity contribution < 1.29 is 9.90 Å². The van der Waals surface area contributed by atoms with Gasteiger partial charge in [0, 0.05) is 10.1 Å². The molecular weight excluding hydrogens is 220 g/mol. The highest BCUT2D eigenvalue weighted by molar-refractivity contribution is 8.00. The molecule has 0 heterocycles. The maximum atomic E-state index is 10.6. The second-order valence-corrected chi connectivity index (χ2v) is 5.02. The van der Waals surface area contributed by atoms with Gasteiger partial charge in [-0.1, -0.05) is 11.6 Å². The average Bonchev–Trinajstić information content (AvgIpc) is 2.92. The number of halogens is 1. The van der Waals surface area contributed by atoms with E-state index in [1.165, 1.54) is 18.9 Å². The lowest BCUT2D eigenvalue weighted by molar-refractivity contribution is 0.0697. The average molecular weight is 229 g/mol. The minimum atomic E-state index is -0.935. The van der Waals surface area contributed by atoms with Crippen molar-refractivity contribution in [2.75, 3.05) is 0 Å². The summed E-state index contributed by atoms with van der Waals surface area (Å²) in [7, 11) is 0. The third-order valence-corrected chi connectivity index (χ3v) is 3.84. The number of rotatable bonds is 3. The van der Waals surface area contributed by atoms with Crippen LogP contribution in [0.3, 0.4) is 0 Å². The monoisotopic (exact) mass is 228 g/mol. The van der Waals surface area contributed by atoms with E-state index in [9.17, 15) is 4.79 Å². The van der Waals surface area contributed by atoms with Crippen LogP contribution in [0, 0.1) is 0 Å². The van der Waals surface area contributed by atoms with Gasteiger partial charge in [0.15, 0.2) is 0 Å². The molecule has 74 valence electrons. The molecule has 1 aromatic carbocycles. The van der Waals surface area contributed by atoms with Crippen LogP contribution in [0.4, 0.5) is 0 Å². The third kappa shape index (κ3) is 2.22. The van der Waals surface area contributed by atoms with E-state index in [0.29, 0.717) is 10.3 Å². The van der Waals surface area contributed by atoms with Gasteiger partial charge in [-0.05, 0) is 31.0 Å². The van der Waals surface area contributed by atoms with Gasteiger partial charge in [-0.2, -0.15) is 0 Å². The molecule has 0 aromatic heterocycles. The Kier molecular flexibility index (Phi) is 2.70. The lowest BCUT2D eigenvalue weighted by Crippen LogP contribution is -1.95. The smallest absolute Gasteiger partial charge is 0.335 e. The molecule has 0 bridgehead atoms. The zero-order valence-corrected chi connectivity index (χ0v) is 8.94. The molecule has 1 aliphatic rings. The van der Waals surface area contributed by atoms with Crippen LogP contribution in [0.1, 0.15) is 23.2 Å². The molecule has 2 nitrogen and oxygen atoms in total. The van der Waals surface area contributed by atoms with Gasteiger partial charge in [-0.25, -0.2) is 4.79 Å². The number of aromatic carboxylic acids is 1. The first kappa shape index (κ1) is 9.87. The molecule has 0 saturated heterocycles. The first-order chi connectivity index (χ1) is 6.66. The van der Waals surface area contributed by atoms with E-state index >= 15 is 0 Å². The second kappa shape index (κ2) is 3.83. The van der Waals surface area contributed by atoms with Crippen LogP contribution in [0.15, 0.2) is 23.1 Å². The summed E-state index contributed by atoms with van der Waals surface area (Å²) in [5, 5.41) is 9.96. The van der Waals surface area contributed by atoms with Crippen LogP contribution in [-0.4, -0.2) is 16.3 Å². The summed E-state index contributed by atoms with van der Waals surface area (Å²) in [4.78, 5) is 11.6. The highest BCUT2D eigenvalue weighted by Crippen LogP contribution is 2.41. The summed E-state index contributed by atoms with van der Waals surface area (Å²) in [5.41, 5.74) is 0.246. The van der Waals surface area contributed by atoms with Gasteiger partial charge < -0.3 is 5.11 Å². The van der Waals surface area contributed by atoms with E-state index in [1.54, 1.807) is 23.9 Å². The van der Waals surface area contributed by atoms with E-state index < -0.39 is 5.97 Å². The molecule has 0 radical (unpaired) electrons. The molecule has 1 N–H and O–H groups in total. The Bertz CT molecular complexity index is 374. The van der Waals surface area contributed by atoms with Crippen molar-refractivity contribution in [1.29, 1.82) is 0 Å². The summed E-state index contributed by atoms with van der Waals surface area (Å²) in [6.45, 7) is 0. The Morgan fingerprint density at radius 2 is 2.21 bits per heavy atom. The number of benzene rings is 1. The normalized spacial score (nSPS) is 15.5. The summed E-state index contributed by atoms with van der Waals surface area (Å²) < 4.78 is 0. The first-order valence-electron chi connectivity index (χ1n) is 4.36. The number of thioether (sulfide) groups is 1. The van der Waals surface area contributed by atoms with Crippen molar-refractivity contribution in [3.05, 3.63) is 28.8 Å². The Morgan fingerprint density at radius 3 is 2.71 bits per heavy atom. The fourth-order valence-electron chi connectivity index (χ4n) is 1.09. The van der Waals surface area contributed by atoms with Crippen LogP contribution in [0.5, 0.6) is 0 Å². The predicted molar refractivity (Wildman–Crippen MR) is 57.3 cm³/mol. The van der Waals surface area contributed by atoms with Crippen molar-refractivity contribution >= 4 is 29.3 Å². The summed E-state index contributed by atoms with van der Waals surface area (Å²) in [6.07, 6.45) is 2.48. The highest BCUT2D eigenvalue weighted by atomic mass is 35.5. The van der Waals surface area contributed by atoms with E-state index in [2.05, 4.69) is 0 Å². The number of carboxylic acids is 1. The molecule has 0 spiro atoms. The molecule has 1 aliphatic carbocycles. The van der Waals surface area contributed by atoms with Crippen molar-refractivity contribution in [3.63, 3.8) is 0 Å². The fourth-order valence-corrected chi connectivity index (χ4v) is 2.46. The predicted octanol–water partition coefficient (Wildman–Crippen LogP) is 3.29. The zero-order chi connectivity index (χ0) is 10.1. The van der Waals surface area contributed by atoms with Crippen LogP contribution in [0.2, 0.25) is 5.02 Å². The van der Waals surface area contributed by atoms with E-state index in [-0.39, 0.29) is 5.56 Å². The molecule has 14 heavy (non-hydrogen) atoms. The topological polar surface area (TPSA) is 37.3 Å². The van der Waals surface area contributed by atoms with Crippen molar-refractivity contribution in [2.24, 2.45) is 0 Å². The van der Waals surface area contributed by atoms with Gasteiger partial charge in [0.1, 0.15) is 0 Å². The summed E-state index contributed by atoms with van der Waals surface area (Å²) in [6, 6.07) is 4.89. The van der Waals surface area contributed by atoms with Crippen molar-refractivity contribution in [3.8, 4) is 0 Å². The largest absolute Gasteiger partial charge is 0.478 e. The molecule has 1 aromatic rings. The van der Waals surface area contributed by atoms with Gasteiger partial charge >= 0.3 is 5.97 Å². The molecule has 4 heteroatoms. The molecular formula is C10H9ClO2S. The minimum absolute atomic E-state index is 0.246. The van der Waals surface area contributed by atoms with Crippen LogP contribution >= 0.6 is 23.4 Å². The first-order valence-corrected chi connectivity index (χ1v) is 5.62. The maximum Gasteiger partial charge on any atom is 0.335 e. The van der Waals surface area contributed by atoms with Crippen molar-refractivity contribution in [2.45, 2.75) is 23.0 Å². The van der Waals surface area contributed by atoms with Gasteiger partial charge in [0.05, 0.1) is 10.6 Å². The van der Waals surface area contributed by atoms with E-state index in [4.69, 9.17) is 16.7 Å². The standard InChI is InChI=1S/C10H9ClO2S/c11-8-5-6(10(12)13)1-4-9(8)14-7-2-3-7/h1,4-5,7H,2-3H2,(H,12,13). The van der Waals surface area contributed by atoms with E-state index in [0.717, 1.165) is 4.90 Å². The number of hydrogen-bond acceptors (Lipinski definition) is 2. The molecule has 0 atom stereocenters. The fraction of sp³-hybridized carbons (Fsp3) is 0.300. The second-order valence-electron chi connectivity index (χ2n) is 3.27. The number of carboxylic acid groups (broad SMARTS) is 1. The van der Waals surface area contributed by atoms with Gasteiger partial charge in [-0.15, -0.1) is 11.8 Å². The van der Waals surface area contributed by atoms with Crippen LogP contribution in [-0.2, 0) is 0 Å². The highest BCUT2D eigenvalue weighted by Gasteiger charge is 2.23. The minimum Gasteiger partial charge on any atom is -0.478 e. The van der Waals surface area contributed by atoms with Crippen molar-refractivity contribution in [1.82, 2.24) is 0 Å². The van der Waals surface area contributed by atoms with Gasteiger partial charge in [0.2, 0.25) is 0 Å². The van der Waals surface area contributed by atoms with E-state index in [1.807, 2.05) is 0 Å². The lowest BCUT2D eigenvalue weighted by atomic mass is 10.2. The zero-order valence-electron chi connectivity index (χ0n) is 7.37. The quantitative estimate of drug-likeness (QED) is 0.863. The lowest BCUT2D eigenvalue weighted by Gasteiger charge is -2.03. The molecule has 0 amide bonds. The molecule has 1 saturated carbocycles. The Morgan fingerprint density at radius 1 is 1.50 bits per heavy atom. The Labute approximate surface area is 91.3 Å². The molecule has 1 fully saturated rings.